The zero-order valence-electron chi connectivity index (χ0n) is 11.9. The van der Waals surface area contributed by atoms with E-state index in [1.807, 2.05) is 48.5 Å². The van der Waals surface area contributed by atoms with Crippen molar-refractivity contribution in [2.24, 2.45) is 0 Å². The third-order valence-corrected chi connectivity index (χ3v) is 3.46. The number of aliphatic hydroxyl groups excluding tert-OH is 1. The molecular weight excluding hydrogens is 264 g/mol. The Labute approximate surface area is 124 Å². The summed E-state index contributed by atoms with van der Waals surface area (Å²) in [5, 5.41) is 18.8. The van der Waals surface area contributed by atoms with Gasteiger partial charge in [-0.05, 0) is 35.6 Å². The summed E-state index contributed by atoms with van der Waals surface area (Å²) in [5.74, 6) is -0.915. The second-order valence-corrected chi connectivity index (χ2v) is 4.87. The Morgan fingerprint density at radius 1 is 1.10 bits per heavy atom. The Morgan fingerprint density at radius 2 is 1.81 bits per heavy atom. The smallest absolute Gasteiger partial charge is 0.336 e. The SMILES string of the molecule is Cc1cccc(C/C=C(\CO)c2ccccc2)c1C(=O)O. The number of carbonyl (C=O) groups is 1. The van der Waals surface area contributed by atoms with Crippen LogP contribution in [-0.2, 0) is 6.42 Å². The molecule has 0 aliphatic rings. The number of aromatic carboxylic acids is 1. The second-order valence-electron chi connectivity index (χ2n) is 4.87. The van der Waals surface area contributed by atoms with Crippen molar-refractivity contribution in [1.82, 2.24) is 0 Å². The van der Waals surface area contributed by atoms with Crippen LogP contribution in [0.2, 0.25) is 0 Å². The highest BCUT2D eigenvalue weighted by atomic mass is 16.4. The summed E-state index contributed by atoms with van der Waals surface area (Å²) in [4.78, 5) is 11.4. The number of rotatable bonds is 5. The van der Waals surface area contributed by atoms with Crippen molar-refractivity contribution in [3.63, 3.8) is 0 Å². The van der Waals surface area contributed by atoms with Gasteiger partial charge in [0, 0.05) is 0 Å². The number of hydrogen-bond donors (Lipinski definition) is 2. The molecule has 2 aromatic rings. The predicted octanol–water partition coefficient (Wildman–Crippen LogP) is 3.31. The Bertz CT molecular complexity index is 657. The molecule has 0 fully saturated rings. The van der Waals surface area contributed by atoms with E-state index in [-0.39, 0.29) is 6.61 Å². The highest BCUT2D eigenvalue weighted by molar-refractivity contribution is 5.91. The van der Waals surface area contributed by atoms with Gasteiger partial charge in [0.25, 0.3) is 0 Å². The molecule has 3 heteroatoms. The first-order chi connectivity index (χ1) is 10.1. The average Bonchev–Trinajstić information content (AvgIpc) is 2.48. The van der Waals surface area contributed by atoms with E-state index in [0.717, 1.165) is 22.3 Å². The topological polar surface area (TPSA) is 57.5 Å². The van der Waals surface area contributed by atoms with Crippen LogP contribution in [0.25, 0.3) is 5.57 Å². The van der Waals surface area contributed by atoms with Crippen LogP contribution in [0.1, 0.15) is 27.0 Å². The van der Waals surface area contributed by atoms with Crippen LogP contribution in [0.15, 0.2) is 54.6 Å². The zero-order chi connectivity index (χ0) is 15.2. The molecule has 0 heterocycles. The van der Waals surface area contributed by atoms with Crippen molar-refractivity contribution >= 4 is 11.5 Å². The van der Waals surface area contributed by atoms with E-state index >= 15 is 0 Å². The molecule has 2 N–H and O–H groups in total. The van der Waals surface area contributed by atoms with Crippen molar-refractivity contribution < 1.29 is 15.0 Å². The molecule has 3 nitrogen and oxygen atoms in total. The van der Waals surface area contributed by atoms with Crippen LogP contribution in [-0.4, -0.2) is 22.8 Å². The van der Waals surface area contributed by atoms with Crippen LogP contribution in [0.4, 0.5) is 0 Å². The minimum absolute atomic E-state index is 0.0712. The molecule has 0 radical (unpaired) electrons. The lowest BCUT2D eigenvalue weighted by atomic mass is 9.97. The fourth-order valence-corrected chi connectivity index (χ4v) is 2.36. The molecule has 0 bridgehead atoms. The largest absolute Gasteiger partial charge is 0.478 e. The molecule has 0 atom stereocenters. The van der Waals surface area contributed by atoms with Gasteiger partial charge in [-0.3, -0.25) is 0 Å². The monoisotopic (exact) mass is 282 g/mol. The number of aliphatic hydroxyl groups is 1. The second kappa shape index (κ2) is 6.86. The van der Waals surface area contributed by atoms with Gasteiger partial charge in [-0.1, -0.05) is 54.6 Å². The van der Waals surface area contributed by atoms with E-state index in [1.54, 1.807) is 13.0 Å². The van der Waals surface area contributed by atoms with Gasteiger partial charge in [0.2, 0.25) is 0 Å². The normalized spacial score (nSPS) is 11.4. The Kier molecular flexibility index (Phi) is 4.90. The molecule has 0 saturated carbocycles. The molecule has 0 aliphatic carbocycles. The van der Waals surface area contributed by atoms with Crippen molar-refractivity contribution in [2.45, 2.75) is 13.3 Å². The van der Waals surface area contributed by atoms with Crippen LogP contribution in [0.5, 0.6) is 0 Å². The fraction of sp³-hybridized carbons (Fsp3) is 0.167. The average molecular weight is 282 g/mol. The Morgan fingerprint density at radius 3 is 2.43 bits per heavy atom. The molecule has 0 aliphatic heterocycles. The summed E-state index contributed by atoms with van der Waals surface area (Å²) >= 11 is 0. The van der Waals surface area contributed by atoms with E-state index < -0.39 is 5.97 Å². The maximum absolute atomic E-state index is 11.4. The summed E-state index contributed by atoms with van der Waals surface area (Å²) < 4.78 is 0. The molecule has 0 amide bonds. The number of hydrogen-bond acceptors (Lipinski definition) is 2. The van der Waals surface area contributed by atoms with Crippen molar-refractivity contribution in [3.05, 3.63) is 76.9 Å². The quantitative estimate of drug-likeness (QED) is 0.884. The number of carboxylic acids is 1. The van der Waals surface area contributed by atoms with Gasteiger partial charge in [-0.15, -0.1) is 0 Å². The molecule has 0 unspecified atom stereocenters. The predicted molar refractivity (Wildman–Crippen MR) is 83.3 cm³/mol. The van der Waals surface area contributed by atoms with E-state index in [9.17, 15) is 15.0 Å². The first-order valence-electron chi connectivity index (χ1n) is 6.80. The highest BCUT2D eigenvalue weighted by Crippen LogP contribution is 2.19. The summed E-state index contributed by atoms with van der Waals surface area (Å²) in [7, 11) is 0. The zero-order valence-corrected chi connectivity index (χ0v) is 11.9. The Balaban J connectivity index is 2.32. The minimum Gasteiger partial charge on any atom is -0.478 e. The van der Waals surface area contributed by atoms with Crippen LogP contribution >= 0.6 is 0 Å². The molecule has 108 valence electrons. The summed E-state index contributed by atoms with van der Waals surface area (Å²) in [5.41, 5.74) is 3.60. The number of allylic oxidation sites excluding steroid dienone is 1. The lowest BCUT2D eigenvalue weighted by Crippen LogP contribution is -2.05. The van der Waals surface area contributed by atoms with Crippen molar-refractivity contribution in [3.8, 4) is 0 Å². The van der Waals surface area contributed by atoms with Gasteiger partial charge < -0.3 is 10.2 Å². The maximum atomic E-state index is 11.4. The van der Waals surface area contributed by atoms with Gasteiger partial charge in [0.15, 0.2) is 0 Å². The van der Waals surface area contributed by atoms with E-state index in [4.69, 9.17) is 0 Å². The summed E-state index contributed by atoms with van der Waals surface area (Å²) in [6, 6.07) is 15.1. The first-order valence-corrected chi connectivity index (χ1v) is 6.80. The lowest BCUT2D eigenvalue weighted by Gasteiger charge is -2.08. The molecule has 0 spiro atoms. The summed E-state index contributed by atoms with van der Waals surface area (Å²) in [6.07, 6.45) is 2.37. The molecular formula is C18H18O3. The van der Waals surface area contributed by atoms with E-state index in [0.29, 0.717) is 12.0 Å². The molecule has 0 saturated heterocycles. The van der Waals surface area contributed by atoms with Gasteiger partial charge in [-0.25, -0.2) is 4.79 Å². The minimum atomic E-state index is -0.915. The molecule has 0 aromatic heterocycles. The third kappa shape index (κ3) is 3.58. The fourth-order valence-electron chi connectivity index (χ4n) is 2.36. The molecule has 2 rings (SSSR count). The molecule has 21 heavy (non-hydrogen) atoms. The van der Waals surface area contributed by atoms with Gasteiger partial charge >= 0.3 is 5.97 Å². The van der Waals surface area contributed by atoms with Crippen molar-refractivity contribution in [2.75, 3.05) is 6.61 Å². The van der Waals surface area contributed by atoms with Crippen LogP contribution in [0.3, 0.4) is 0 Å². The lowest BCUT2D eigenvalue weighted by molar-refractivity contribution is 0.0695. The first kappa shape index (κ1) is 15.0. The highest BCUT2D eigenvalue weighted by Gasteiger charge is 2.12. The number of aryl methyl sites for hydroxylation is 1. The number of carboxylic acid groups (broad SMARTS) is 1. The third-order valence-electron chi connectivity index (χ3n) is 3.46. The van der Waals surface area contributed by atoms with Gasteiger partial charge in [0.05, 0.1) is 12.2 Å². The van der Waals surface area contributed by atoms with Crippen LogP contribution < -0.4 is 0 Å². The standard InChI is InChI=1S/C18H18O3/c1-13-6-5-9-15(17(13)18(20)21)10-11-16(12-19)14-7-3-2-4-8-14/h2-9,11,19H,10,12H2,1H3,(H,20,21)/b16-11+. The number of benzene rings is 2. The van der Waals surface area contributed by atoms with Crippen LogP contribution in [0, 0.1) is 6.92 Å². The Hall–Kier alpha value is -2.39. The maximum Gasteiger partial charge on any atom is 0.336 e. The summed E-state index contributed by atoms with van der Waals surface area (Å²) in [6.45, 7) is 1.72. The van der Waals surface area contributed by atoms with E-state index in [2.05, 4.69) is 0 Å². The van der Waals surface area contributed by atoms with Gasteiger partial charge in [-0.2, -0.15) is 0 Å². The molecule has 2 aromatic carbocycles. The van der Waals surface area contributed by atoms with Gasteiger partial charge in [0.1, 0.15) is 0 Å². The van der Waals surface area contributed by atoms with Crippen molar-refractivity contribution in [1.29, 1.82) is 0 Å². The van der Waals surface area contributed by atoms with E-state index in [1.165, 1.54) is 0 Å².